The lowest BCUT2D eigenvalue weighted by atomic mass is 10.2. The van der Waals surface area contributed by atoms with Crippen molar-refractivity contribution in [1.82, 2.24) is 24.9 Å². The van der Waals surface area contributed by atoms with Gasteiger partial charge >= 0.3 is 0 Å². The van der Waals surface area contributed by atoms with Gasteiger partial charge in [0.15, 0.2) is 5.82 Å². The van der Waals surface area contributed by atoms with Crippen LogP contribution in [0.25, 0.3) is 34.3 Å². The maximum Gasteiger partial charge on any atom is 0.179 e. The summed E-state index contributed by atoms with van der Waals surface area (Å²) < 4.78 is 0. The maximum atomic E-state index is 4.67. The van der Waals surface area contributed by atoms with Crippen LogP contribution in [0.3, 0.4) is 0 Å². The Morgan fingerprint density at radius 3 is 1.72 bits per heavy atom. The molecule has 0 amide bonds. The van der Waals surface area contributed by atoms with Crippen LogP contribution >= 0.6 is 0 Å². The highest BCUT2D eigenvalue weighted by atomic mass is 14.9. The lowest BCUT2D eigenvalue weighted by Gasteiger charge is -2.08. The zero-order valence-electron chi connectivity index (χ0n) is 13.7. The zero-order chi connectivity index (χ0) is 17.1. The fourth-order valence-corrected chi connectivity index (χ4v) is 2.45. The van der Waals surface area contributed by atoms with E-state index in [0.29, 0.717) is 5.82 Å². The van der Waals surface area contributed by atoms with Crippen LogP contribution < -0.4 is 0 Å². The molecule has 4 aromatic heterocycles. The van der Waals surface area contributed by atoms with Gasteiger partial charge in [0.05, 0.1) is 22.8 Å². The highest BCUT2D eigenvalue weighted by Crippen LogP contribution is 2.24. The van der Waals surface area contributed by atoms with E-state index in [4.69, 9.17) is 0 Å². The summed E-state index contributed by atoms with van der Waals surface area (Å²) in [4.78, 5) is 22.6. The summed E-state index contributed by atoms with van der Waals surface area (Å²) >= 11 is 0. The van der Waals surface area contributed by atoms with Gasteiger partial charge in [-0.2, -0.15) is 0 Å². The van der Waals surface area contributed by atoms with Crippen molar-refractivity contribution in [3.8, 4) is 34.3 Å². The van der Waals surface area contributed by atoms with Crippen molar-refractivity contribution in [3.05, 3.63) is 78.8 Å². The van der Waals surface area contributed by atoms with Crippen molar-refractivity contribution in [1.29, 1.82) is 0 Å². The largest absolute Gasteiger partial charge is 0.255 e. The van der Waals surface area contributed by atoms with Crippen molar-refractivity contribution in [2.24, 2.45) is 0 Å². The first-order valence-electron chi connectivity index (χ1n) is 7.94. The third kappa shape index (κ3) is 3.26. The molecule has 120 valence electrons. The van der Waals surface area contributed by atoms with Crippen molar-refractivity contribution in [3.63, 3.8) is 0 Å². The maximum absolute atomic E-state index is 4.67. The lowest BCUT2D eigenvalue weighted by molar-refractivity contribution is 1.12. The Kier molecular flexibility index (Phi) is 3.96. The lowest BCUT2D eigenvalue weighted by Crippen LogP contribution is -1.98. The van der Waals surface area contributed by atoms with Gasteiger partial charge in [-0.3, -0.25) is 15.0 Å². The van der Waals surface area contributed by atoms with Gasteiger partial charge in [0.1, 0.15) is 5.69 Å². The van der Waals surface area contributed by atoms with Crippen LogP contribution in [0, 0.1) is 6.92 Å². The minimum Gasteiger partial charge on any atom is -0.255 e. The summed E-state index contributed by atoms with van der Waals surface area (Å²) in [5, 5.41) is 0. The van der Waals surface area contributed by atoms with Crippen LogP contribution in [-0.4, -0.2) is 24.9 Å². The number of aryl methyl sites for hydroxylation is 1. The van der Waals surface area contributed by atoms with E-state index in [1.807, 2.05) is 67.7 Å². The van der Waals surface area contributed by atoms with E-state index in [-0.39, 0.29) is 0 Å². The Hall–Kier alpha value is -3.47. The molecule has 0 fully saturated rings. The minimum absolute atomic E-state index is 0.559. The first kappa shape index (κ1) is 15.1. The highest BCUT2D eigenvalue weighted by Gasteiger charge is 2.12. The fourth-order valence-electron chi connectivity index (χ4n) is 2.45. The van der Waals surface area contributed by atoms with E-state index >= 15 is 0 Å². The van der Waals surface area contributed by atoms with Gasteiger partial charge in [-0.1, -0.05) is 18.2 Å². The quantitative estimate of drug-likeness (QED) is 0.570. The summed E-state index contributed by atoms with van der Waals surface area (Å²) in [6.45, 7) is 2.00. The Bertz CT molecular complexity index is 926. The van der Waals surface area contributed by atoms with E-state index < -0.39 is 0 Å². The van der Waals surface area contributed by atoms with Gasteiger partial charge < -0.3 is 0 Å². The van der Waals surface area contributed by atoms with E-state index in [0.717, 1.165) is 34.0 Å². The molecule has 0 saturated heterocycles. The molecular formula is C20H15N5. The van der Waals surface area contributed by atoms with Crippen molar-refractivity contribution in [2.75, 3.05) is 0 Å². The van der Waals surface area contributed by atoms with Crippen LogP contribution in [0.4, 0.5) is 0 Å². The second kappa shape index (κ2) is 6.57. The molecule has 0 unspecified atom stereocenters. The third-order valence-electron chi connectivity index (χ3n) is 3.72. The predicted octanol–water partition coefficient (Wildman–Crippen LogP) is 3.97. The average molecular weight is 325 g/mol. The molecule has 4 rings (SSSR count). The number of rotatable bonds is 3. The summed E-state index contributed by atoms with van der Waals surface area (Å²) in [7, 11) is 0. The van der Waals surface area contributed by atoms with E-state index in [2.05, 4.69) is 24.9 Å². The molecule has 0 radical (unpaired) electrons. The summed E-state index contributed by atoms with van der Waals surface area (Å²) in [5.74, 6) is 0.559. The van der Waals surface area contributed by atoms with Crippen LogP contribution in [0.15, 0.2) is 73.2 Å². The van der Waals surface area contributed by atoms with Crippen LogP contribution in [-0.2, 0) is 0 Å². The second-order valence-electron chi connectivity index (χ2n) is 5.61. The van der Waals surface area contributed by atoms with Crippen LogP contribution in [0.2, 0.25) is 0 Å². The molecule has 4 aromatic rings. The zero-order valence-corrected chi connectivity index (χ0v) is 13.7. The third-order valence-corrected chi connectivity index (χ3v) is 3.72. The van der Waals surface area contributed by atoms with Crippen molar-refractivity contribution >= 4 is 0 Å². The van der Waals surface area contributed by atoms with Crippen LogP contribution in [0.1, 0.15) is 5.56 Å². The molecule has 0 aromatic carbocycles. The predicted molar refractivity (Wildman–Crippen MR) is 96.5 cm³/mol. The number of pyridine rings is 3. The van der Waals surface area contributed by atoms with Gasteiger partial charge in [-0.05, 0) is 48.9 Å². The second-order valence-corrected chi connectivity index (χ2v) is 5.61. The Balaban J connectivity index is 1.90. The topological polar surface area (TPSA) is 64.5 Å². The Morgan fingerprint density at radius 1 is 0.600 bits per heavy atom. The van der Waals surface area contributed by atoms with Crippen LogP contribution in [0.5, 0.6) is 0 Å². The molecule has 0 N–H and O–H groups in total. The van der Waals surface area contributed by atoms with E-state index in [9.17, 15) is 0 Å². The normalized spacial score (nSPS) is 10.6. The standard InChI is InChI=1S/C20H15N5/c1-14-8-9-17(23-13-14)20-24-18(15-6-2-4-10-21-15)12-19(25-20)16-7-3-5-11-22-16/h2-13H,1H3. The molecule has 0 aliphatic carbocycles. The van der Waals surface area contributed by atoms with Gasteiger partial charge in [0.25, 0.3) is 0 Å². The number of nitrogens with zero attached hydrogens (tertiary/aromatic N) is 5. The molecular weight excluding hydrogens is 310 g/mol. The Labute approximate surface area is 145 Å². The molecule has 0 spiro atoms. The molecule has 5 nitrogen and oxygen atoms in total. The first-order chi connectivity index (χ1) is 12.3. The van der Waals surface area contributed by atoms with Gasteiger partial charge in [0.2, 0.25) is 0 Å². The minimum atomic E-state index is 0.559. The van der Waals surface area contributed by atoms with Gasteiger partial charge in [-0.15, -0.1) is 0 Å². The summed E-state index contributed by atoms with van der Waals surface area (Å²) in [5.41, 5.74) is 4.88. The van der Waals surface area contributed by atoms with Crippen molar-refractivity contribution in [2.45, 2.75) is 6.92 Å². The molecule has 0 aliphatic rings. The summed E-state index contributed by atoms with van der Waals surface area (Å²) in [6, 6.07) is 17.3. The molecule has 25 heavy (non-hydrogen) atoms. The van der Waals surface area contributed by atoms with E-state index in [1.165, 1.54) is 0 Å². The first-order valence-corrected chi connectivity index (χ1v) is 7.94. The summed E-state index contributed by atoms with van der Waals surface area (Å²) in [6.07, 6.45) is 5.32. The van der Waals surface area contributed by atoms with Gasteiger partial charge in [-0.25, -0.2) is 9.97 Å². The molecule has 4 heterocycles. The molecule has 0 atom stereocenters. The molecule has 0 bridgehead atoms. The molecule has 0 saturated carbocycles. The number of hydrogen-bond acceptors (Lipinski definition) is 5. The monoisotopic (exact) mass is 325 g/mol. The van der Waals surface area contributed by atoms with Crippen molar-refractivity contribution < 1.29 is 0 Å². The number of aromatic nitrogens is 5. The average Bonchev–Trinajstić information content (AvgIpc) is 2.69. The van der Waals surface area contributed by atoms with Gasteiger partial charge in [0, 0.05) is 18.6 Å². The highest BCUT2D eigenvalue weighted by molar-refractivity contribution is 5.67. The van der Waals surface area contributed by atoms with E-state index in [1.54, 1.807) is 12.4 Å². The number of hydrogen-bond donors (Lipinski definition) is 0. The fraction of sp³-hybridized carbons (Fsp3) is 0.0500. The smallest absolute Gasteiger partial charge is 0.179 e. The Morgan fingerprint density at radius 2 is 1.24 bits per heavy atom. The SMILES string of the molecule is Cc1ccc(-c2nc(-c3ccccn3)cc(-c3ccccn3)n2)nc1. The molecule has 5 heteroatoms. The molecule has 0 aliphatic heterocycles.